The Balaban J connectivity index is 3.76. The van der Waals surface area contributed by atoms with Crippen LogP contribution in [0, 0.1) is 6.07 Å². The van der Waals surface area contributed by atoms with Gasteiger partial charge in [-0.3, -0.25) is 0 Å². The second-order valence-electron chi connectivity index (χ2n) is 6.72. The molecule has 0 bridgehead atoms. The van der Waals surface area contributed by atoms with Gasteiger partial charge in [-0.05, 0) is 6.07 Å². The zero-order chi connectivity index (χ0) is 28.3. The third-order valence-corrected chi connectivity index (χ3v) is 4.47. The van der Waals surface area contributed by atoms with Gasteiger partial charge in [-0.25, -0.2) is 4.39 Å². The molecule has 0 heterocycles. The Labute approximate surface area is 180 Å². The smallest absolute Gasteiger partial charge is 0.244 e. The van der Waals surface area contributed by atoms with Gasteiger partial charge in [0.05, 0.1) is 0 Å². The zero-order valence-electron chi connectivity index (χ0n) is 15.7. The van der Waals surface area contributed by atoms with Crippen molar-refractivity contribution in [1.29, 1.82) is 0 Å². The molecule has 35 heavy (non-hydrogen) atoms. The van der Waals surface area contributed by atoms with Gasteiger partial charge in [0.1, 0.15) is 0 Å². The second kappa shape index (κ2) is 8.21. The minimum Gasteiger partial charge on any atom is -0.244 e. The molecule has 0 fully saturated rings. The van der Waals surface area contributed by atoms with Crippen molar-refractivity contribution < 1.29 is 83.4 Å². The molecule has 1 aromatic carbocycles. The van der Waals surface area contributed by atoms with E-state index in [1.807, 2.05) is 6.07 Å². The summed E-state index contributed by atoms with van der Waals surface area (Å²) in [4.78, 5) is 0. The van der Waals surface area contributed by atoms with E-state index >= 15 is 0 Å². The molecule has 0 aromatic heterocycles. The van der Waals surface area contributed by atoms with Crippen LogP contribution in [0.15, 0.2) is 24.3 Å². The van der Waals surface area contributed by atoms with Crippen molar-refractivity contribution in [3.63, 3.8) is 0 Å². The van der Waals surface area contributed by atoms with Gasteiger partial charge in [0.25, 0.3) is 0 Å². The number of halogens is 19. The number of rotatable bonds is 10. The van der Waals surface area contributed by atoms with E-state index in [9.17, 15) is 83.4 Å². The Morgan fingerprint density at radius 3 is 1.06 bits per heavy atom. The first-order valence-corrected chi connectivity index (χ1v) is 8.09. The minimum absolute atomic E-state index is 0.220. The summed E-state index contributed by atoms with van der Waals surface area (Å²) >= 11 is 0. The van der Waals surface area contributed by atoms with Crippen LogP contribution in [0.25, 0.3) is 0 Å². The van der Waals surface area contributed by atoms with Crippen LogP contribution in [0.1, 0.15) is 5.56 Å². The van der Waals surface area contributed by atoms with Crippen molar-refractivity contribution in [2.45, 2.75) is 53.3 Å². The lowest BCUT2D eigenvalue weighted by Gasteiger charge is -2.44. The summed E-state index contributed by atoms with van der Waals surface area (Å²) in [7, 11) is 0. The van der Waals surface area contributed by atoms with E-state index in [-0.39, 0.29) is 24.3 Å². The monoisotopic (exact) mass is 559 g/mol. The number of hydrogen-bond donors (Lipinski definition) is 0. The van der Waals surface area contributed by atoms with Crippen LogP contribution < -0.4 is 0 Å². The average molecular weight is 559 g/mol. The van der Waals surface area contributed by atoms with E-state index < -0.39 is 65.5 Å². The summed E-state index contributed by atoms with van der Waals surface area (Å²) in [5.41, 5.74) is -2.34. The number of hydrogen-bond acceptors (Lipinski definition) is 0. The molecule has 203 valence electrons. The molecular weight excluding hydrogens is 553 g/mol. The molecule has 0 saturated heterocycles. The maximum Gasteiger partial charge on any atom is 0.385 e. The highest BCUT2D eigenvalue weighted by Gasteiger charge is 2.96. The van der Waals surface area contributed by atoms with Gasteiger partial charge in [0, 0.05) is 5.56 Å². The molecule has 0 aliphatic carbocycles. The average Bonchev–Trinajstić information content (AvgIpc) is 2.73. The molecule has 0 N–H and O–H groups in total. The minimum atomic E-state index is -8.87. The number of benzene rings is 1. The van der Waals surface area contributed by atoms with Crippen molar-refractivity contribution >= 4 is 0 Å². The summed E-state index contributed by atoms with van der Waals surface area (Å²) in [6.45, 7) is -4.01. The fourth-order valence-corrected chi connectivity index (χ4v) is 2.27. The van der Waals surface area contributed by atoms with Gasteiger partial charge in [0.15, 0.2) is 6.67 Å². The van der Waals surface area contributed by atoms with E-state index in [0.29, 0.717) is 0 Å². The van der Waals surface area contributed by atoms with Crippen LogP contribution in [-0.2, 0) is 5.92 Å². The van der Waals surface area contributed by atoms with E-state index in [4.69, 9.17) is 0 Å². The summed E-state index contributed by atoms with van der Waals surface area (Å²) < 4.78 is 254. The molecule has 0 nitrogen and oxygen atoms in total. The Morgan fingerprint density at radius 1 is 0.457 bits per heavy atom. The van der Waals surface area contributed by atoms with E-state index in [1.54, 1.807) is 0 Å². The molecule has 0 saturated carbocycles. The van der Waals surface area contributed by atoms with Gasteiger partial charge < -0.3 is 0 Å². The molecule has 1 radical (unpaired) electrons. The normalized spacial score (nSPS) is 16.0. The van der Waals surface area contributed by atoms with Crippen LogP contribution >= 0.6 is 0 Å². The predicted octanol–water partition coefficient (Wildman–Crippen LogP) is 7.63. The highest BCUT2D eigenvalue weighted by atomic mass is 19.4. The SMILES string of the molecule is FCC(F)(F)C(F)(F)C(F)(F)C(F)(F)C(F)(F)C(F)(F)C(F)(F)C(F)(F)C(F)(F)c1cc[c]cc1. The Bertz CT molecular complexity index is 885. The van der Waals surface area contributed by atoms with Crippen LogP contribution in [0.5, 0.6) is 0 Å². The highest BCUT2D eigenvalue weighted by Crippen LogP contribution is 2.65. The summed E-state index contributed by atoms with van der Waals surface area (Å²) in [5.74, 6) is -73.0. The standard InChI is InChI=1S/C16H6F19/c17-6-8(18,19)10(22,23)12(26,27)14(30,31)16(34,35)15(32,33)13(28,29)11(24,25)9(20,21)7-4-2-1-3-5-7/h2-5H,6H2. The lowest BCUT2D eigenvalue weighted by Crippen LogP contribution is -2.75. The Kier molecular flexibility index (Phi) is 7.25. The Morgan fingerprint density at radius 2 is 0.743 bits per heavy atom. The van der Waals surface area contributed by atoms with Gasteiger partial charge in [-0.15, -0.1) is 0 Å². The third kappa shape index (κ3) is 3.77. The van der Waals surface area contributed by atoms with Crippen molar-refractivity contribution in [2.24, 2.45) is 0 Å². The first-order chi connectivity index (χ1) is 15.2. The predicted molar refractivity (Wildman–Crippen MR) is 74.7 cm³/mol. The van der Waals surface area contributed by atoms with Crippen molar-refractivity contribution in [2.75, 3.05) is 6.67 Å². The van der Waals surface area contributed by atoms with Crippen LogP contribution in [0.2, 0.25) is 0 Å². The van der Waals surface area contributed by atoms with Crippen LogP contribution in [0.4, 0.5) is 83.4 Å². The maximum atomic E-state index is 13.9. The van der Waals surface area contributed by atoms with E-state index in [0.717, 1.165) is 0 Å². The number of alkyl halides is 19. The van der Waals surface area contributed by atoms with Crippen LogP contribution in [-0.4, -0.2) is 54.1 Å². The molecule has 0 spiro atoms. The van der Waals surface area contributed by atoms with Crippen molar-refractivity contribution in [1.82, 2.24) is 0 Å². The lowest BCUT2D eigenvalue weighted by atomic mass is 9.85. The molecule has 0 atom stereocenters. The maximum absolute atomic E-state index is 13.9. The quantitative estimate of drug-likeness (QED) is 0.259. The molecule has 1 rings (SSSR count). The van der Waals surface area contributed by atoms with Gasteiger partial charge in [-0.2, -0.15) is 79.0 Å². The van der Waals surface area contributed by atoms with Crippen LogP contribution in [0.3, 0.4) is 0 Å². The molecule has 0 aliphatic rings. The fourth-order valence-electron chi connectivity index (χ4n) is 2.27. The largest absolute Gasteiger partial charge is 0.385 e. The summed E-state index contributed by atoms with van der Waals surface area (Å²) in [5, 5.41) is 0. The van der Waals surface area contributed by atoms with Crippen molar-refractivity contribution in [3.05, 3.63) is 35.9 Å². The topological polar surface area (TPSA) is 0 Å². The molecule has 0 amide bonds. The van der Waals surface area contributed by atoms with Gasteiger partial charge >= 0.3 is 53.3 Å². The Hall–Kier alpha value is -2.11. The third-order valence-electron chi connectivity index (χ3n) is 4.47. The van der Waals surface area contributed by atoms with E-state index in [2.05, 4.69) is 0 Å². The molecule has 19 heteroatoms. The summed E-state index contributed by atoms with van der Waals surface area (Å²) in [6.07, 6.45) is 0. The highest BCUT2D eigenvalue weighted by molar-refractivity contribution is 5.26. The molecular formula is C16H6F19. The van der Waals surface area contributed by atoms with E-state index in [1.165, 1.54) is 0 Å². The molecule has 0 unspecified atom stereocenters. The van der Waals surface area contributed by atoms with Gasteiger partial charge in [0.2, 0.25) is 0 Å². The van der Waals surface area contributed by atoms with Crippen molar-refractivity contribution in [3.8, 4) is 0 Å². The lowest BCUT2D eigenvalue weighted by molar-refractivity contribution is -0.463. The summed E-state index contributed by atoms with van der Waals surface area (Å²) in [6, 6.07) is 1.94. The first-order valence-electron chi connectivity index (χ1n) is 8.09. The van der Waals surface area contributed by atoms with Gasteiger partial charge in [-0.1, -0.05) is 24.3 Å². The zero-order valence-corrected chi connectivity index (χ0v) is 15.7. The fraction of sp³-hybridized carbons (Fsp3) is 0.625. The second-order valence-corrected chi connectivity index (χ2v) is 6.72. The molecule has 1 aromatic rings. The molecule has 0 aliphatic heterocycles. The first kappa shape index (κ1) is 30.9.